The lowest BCUT2D eigenvalue weighted by molar-refractivity contribution is -0.140. The maximum atomic E-state index is 12.4. The van der Waals surface area contributed by atoms with Crippen molar-refractivity contribution in [3.8, 4) is 0 Å². The zero-order valence-electron chi connectivity index (χ0n) is 14.9. The third kappa shape index (κ3) is 3.09. The van der Waals surface area contributed by atoms with Crippen LogP contribution in [-0.2, 0) is 4.79 Å². The molecule has 1 aromatic rings. The number of rotatable bonds is 5. The molecule has 1 amide bonds. The Balaban J connectivity index is 1.18. The molecule has 0 radical (unpaired) electrons. The largest absolute Gasteiger partial charge is 0.341 e. The maximum Gasteiger partial charge on any atom is 0.244 e. The van der Waals surface area contributed by atoms with Crippen LogP contribution in [0.5, 0.6) is 0 Å². The summed E-state index contributed by atoms with van der Waals surface area (Å²) in [6.45, 7) is 3.89. The highest BCUT2D eigenvalue weighted by atomic mass is 16.5. The summed E-state index contributed by atoms with van der Waals surface area (Å²) >= 11 is 0. The molecule has 0 aromatic carbocycles. The lowest BCUT2D eigenvalue weighted by atomic mass is 9.96. The smallest absolute Gasteiger partial charge is 0.244 e. The molecular weight excluding hydrogens is 316 g/mol. The molecule has 0 N–H and O–H groups in total. The topological polar surface area (TPSA) is 62.5 Å². The Hall–Kier alpha value is -1.43. The minimum absolute atomic E-state index is 0.265. The lowest BCUT2D eigenvalue weighted by Gasteiger charge is -2.39. The van der Waals surface area contributed by atoms with Crippen molar-refractivity contribution >= 4 is 5.91 Å². The van der Waals surface area contributed by atoms with Crippen LogP contribution in [0, 0.1) is 11.8 Å². The molecule has 2 saturated heterocycles. The molecule has 25 heavy (non-hydrogen) atoms. The van der Waals surface area contributed by atoms with Crippen molar-refractivity contribution in [3.05, 3.63) is 11.7 Å². The van der Waals surface area contributed by atoms with Crippen molar-refractivity contribution in [2.45, 2.75) is 63.3 Å². The van der Waals surface area contributed by atoms with E-state index in [1.807, 2.05) is 4.90 Å². The molecule has 0 bridgehead atoms. The van der Waals surface area contributed by atoms with Crippen LogP contribution in [0.25, 0.3) is 0 Å². The van der Waals surface area contributed by atoms with E-state index >= 15 is 0 Å². The predicted octanol–water partition coefficient (Wildman–Crippen LogP) is 2.73. The number of hydrogen-bond donors (Lipinski definition) is 0. The van der Waals surface area contributed by atoms with Crippen LogP contribution in [-0.4, -0.2) is 52.0 Å². The van der Waals surface area contributed by atoms with E-state index in [4.69, 9.17) is 9.51 Å². The van der Waals surface area contributed by atoms with Crippen molar-refractivity contribution in [2.24, 2.45) is 11.8 Å². The Kier molecular flexibility index (Phi) is 4.03. The molecule has 2 saturated carbocycles. The number of nitrogens with zero attached hydrogens (tertiary/aromatic N) is 4. The van der Waals surface area contributed by atoms with E-state index in [9.17, 15) is 4.79 Å². The van der Waals surface area contributed by atoms with Crippen molar-refractivity contribution in [1.29, 1.82) is 0 Å². The van der Waals surface area contributed by atoms with Crippen LogP contribution in [0.4, 0.5) is 0 Å². The molecule has 2 aliphatic heterocycles. The average molecular weight is 344 g/mol. The Labute approximate surface area is 148 Å². The van der Waals surface area contributed by atoms with Crippen molar-refractivity contribution in [3.63, 3.8) is 0 Å². The zero-order valence-corrected chi connectivity index (χ0v) is 14.9. The Morgan fingerprint density at radius 1 is 1.08 bits per heavy atom. The predicted molar refractivity (Wildman–Crippen MR) is 91.8 cm³/mol. The van der Waals surface area contributed by atoms with Gasteiger partial charge in [0.25, 0.3) is 0 Å². The van der Waals surface area contributed by atoms with Crippen LogP contribution in [0.15, 0.2) is 4.52 Å². The molecule has 4 aliphatic rings. The summed E-state index contributed by atoms with van der Waals surface area (Å²) in [6, 6.07) is 0.318. The molecular formula is C19H28N4O2. The van der Waals surface area contributed by atoms with E-state index in [-0.39, 0.29) is 11.8 Å². The van der Waals surface area contributed by atoms with Crippen molar-refractivity contribution in [2.75, 3.05) is 26.2 Å². The molecule has 0 spiro atoms. The number of aromatic nitrogens is 2. The highest BCUT2D eigenvalue weighted by molar-refractivity contribution is 5.80. The molecule has 4 fully saturated rings. The van der Waals surface area contributed by atoms with Gasteiger partial charge in [0.2, 0.25) is 11.8 Å². The summed E-state index contributed by atoms with van der Waals surface area (Å²) in [4.78, 5) is 21.7. The Bertz CT molecular complexity index is 629. The Morgan fingerprint density at radius 3 is 2.64 bits per heavy atom. The van der Waals surface area contributed by atoms with E-state index in [0.29, 0.717) is 11.9 Å². The summed E-state index contributed by atoms with van der Waals surface area (Å²) in [5.41, 5.74) is 0. The van der Waals surface area contributed by atoms with E-state index in [1.54, 1.807) is 0 Å². The van der Waals surface area contributed by atoms with Gasteiger partial charge in [0, 0.05) is 25.6 Å². The molecule has 6 nitrogen and oxygen atoms in total. The third-order valence-corrected chi connectivity index (χ3v) is 6.56. The van der Waals surface area contributed by atoms with Gasteiger partial charge in [-0.1, -0.05) is 18.0 Å². The summed E-state index contributed by atoms with van der Waals surface area (Å²) in [7, 11) is 0. The number of hydrogen-bond acceptors (Lipinski definition) is 5. The minimum atomic E-state index is 0.265. The molecule has 6 heteroatoms. The second-order valence-corrected chi connectivity index (χ2v) is 8.51. The number of carbonyl (C=O) groups is 1. The van der Waals surface area contributed by atoms with Crippen LogP contribution in [0.2, 0.25) is 0 Å². The standard InChI is InChI=1S/C19H28N4O2/c24-19(14-4-1-2-5-14)23-11-15(12-23)17-20-18(25-21-17)16-6-3-9-22(16)10-13-7-8-13/h13-16H,1-12H2. The van der Waals surface area contributed by atoms with Gasteiger partial charge in [-0.2, -0.15) is 4.98 Å². The summed E-state index contributed by atoms with van der Waals surface area (Å²) in [5.74, 6) is 3.39. The van der Waals surface area contributed by atoms with Crippen LogP contribution in [0.1, 0.15) is 75.0 Å². The fourth-order valence-corrected chi connectivity index (χ4v) is 4.76. The number of likely N-dealkylation sites (tertiary alicyclic amines) is 2. The molecule has 1 aromatic heterocycles. The fourth-order valence-electron chi connectivity index (χ4n) is 4.76. The minimum Gasteiger partial charge on any atom is -0.341 e. The second-order valence-electron chi connectivity index (χ2n) is 8.51. The van der Waals surface area contributed by atoms with Gasteiger partial charge in [-0.25, -0.2) is 0 Å². The van der Waals surface area contributed by atoms with Crippen LogP contribution in [0.3, 0.4) is 0 Å². The van der Waals surface area contributed by atoms with E-state index in [1.165, 1.54) is 38.6 Å². The first kappa shape index (κ1) is 15.8. The third-order valence-electron chi connectivity index (χ3n) is 6.56. The van der Waals surface area contributed by atoms with Crippen LogP contribution >= 0.6 is 0 Å². The molecule has 3 heterocycles. The zero-order chi connectivity index (χ0) is 16.8. The fraction of sp³-hybridized carbons (Fsp3) is 0.842. The number of amides is 1. The summed E-state index contributed by atoms with van der Waals surface area (Å²) < 4.78 is 5.63. The van der Waals surface area contributed by atoms with Gasteiger partial charge in [-0.3, -0.25) is 9.69 Å². The van der Waals surface area contributed by atoms with E-state index < -0.39 is 0 Å². The van der Waals surface area contributed by atoms with Gasteiger partial charge in [-0.15, -0.1) is 0 Å². The average Bonchev–Trinajstić information content (AvgIpc) is 3.02. The van der Waals surface area contributed by atoms with Gasteiger partial charge < -0.3 is 9.42 Å². The first-order chi connectivity index (χ1) is 12.3. The molecule has 1 atom stereocenters. The van der Waals surface area contributed by atoms with Gasteiger partial charge >= 0.3 is 0 Å². The maximum absolute atomic E-state index is 12.4. The van der Waals surface area contributed by atoms with Gasteiger partial charge in [-0.05, 0) is 51.0 Å². The molecule has 5 rings (SSSR count). The molecule has 136 valence electrons. The normalized spacial score (nSPS) is 28.6. The van der Waals surface area contributed by atoms with E-state index in [2.05, 4.69) is 10.1 Å². The van der Waals surface area contributed by atoms with Gasteiger partial charge in [0.05, 0.1) is 12.0 Å². The Morgan fingerprint density at radius 2 is 1.88 bits per heavy atom. The second kappa shape index (κ2) is 6.38. The van der Waals surface area contributed by atoms with Gasteiger partial charge in [0.1, 0.15) is 0 Å². The highest BCUT2D eigenvalue weighted by Gasteiger charge is 2.40. The highest BCUT2D eigenvalue weighted by Crippen LogP contribution is 2.38. The number of carbonyl (C=O) groups excluding carboxylic acids is 1. The lowest BCUT2D eigenvalue weighted by Crippen LogP contribution is -2.50. The molecule has 1 unspecified atom stereocenters. The first-order valence-electron chi connectivity index (χ1n) is 10.1. The summed E-state index contributed by atoms with van der Waals surface area (Å²) in [6.07, 6.45) is 9.68. The molecule has 2 aliphatic carbocycles. The quantitative estimate of drug-likeness (QED) is 0.822. The van der Waals surface area contributed by atoms with Crippen molar-refractivity contribution < 1.29 is 9.32 Å². The van der Waals surface area contributed by atoms with E-state index in [0.717, 1.165) is 56.5 Å². The monoisotopic (exact) mass is 344 g/mol. The SMILES string of the molecule is O=C(C1CCCC1)N1CC(c2noc(C3CCCN3CC3CC3)n2)C1. The van der Waals surface area contributed by atoms with Gasteiger partial charge in [0.15, 0.2) is 5.82 Å². The van der Waals surface area contributed by atoms with Crippen LogP contribution < -0.4 is 0 Å². The summed E-state index contributed by atoms with van der Waals surface area (Å²) in [5, 5.41) is 4.25. The van der Waals surface area contributed by atoms with Crippen molar-refractivity contribution in [1.82, 2.24) is 19.9 Å². The first-order valence-corrected chi connectivity index (χ1v) is 10.1.